The predicted molar refractivity (Wildman–Crippen MR) is 115 cm³/mol. The molecule has 1 unspecified atom stereocenters. The number of carbonyl (C=O) groups excluding carboxylic acids is 1. The molecule has 9 nitrogen and oxygen atoms in total. The minimum Gasteiger partial charge on any atom is -0.495 e. The van der Waals surface area contributed by atoms with Crippen LogP contribution in [-0.4, -0.2) is 55.7 Å². The average Bonchev–Trinajstić information content (AvgIpc) is 3.33. The van der Waals surface area contributed by atoms with Crippen molar-refractivity contribution >= 4 is 21.6 Å². The van der Waals surface area contributed by atoms with Crippen molar-refractivity contribution in [2.75, 3.05) is 27.2 Å². The lowest BCUT2D eigenvalue weighted by Crippen LogP contribution is -2.31. The third-order valence-corrected chi connectivity index (χ3v) is 7.48. The van der Waals surface area contributed by atoms with Crippen LogP contribution in [0.3, 0.4) is 0 Å². The maximum Gasteiger partial charge on any atom is 0.269 e. The topological polar surface area (TPSA) is 110 Å². The van der Waals surface area contributed by atoms with Gasteiger partial charge in [0.15, 0.2) is 0 Å². The van der Waals surface area contributed by atoms with Gasteiger partial charge >= 0.3 is 0 Å². The van der Waals surface area contributed by atoms with Gasteiger partial charge in [0.2, 0.25) is 10.0 Å². The molecule has 1 fully saturated rings. The molecule has 0 spiro atoms. The summed E-state index contributed by atoms with van der Waals surface area (Å²) in [7, 11) is -0.829. The Labute approximate surface area is 181 Å². The van der Waals surface area contributed by atoms with Gasteiger partial charge in [-0.1, -0.05) is 12.1 Å². The van der Waals surface area contributed by atoms with Gasteiger partial charge in [0.1, 0.15) is 10.6 Å². The molecular formula is C21H25N3O6S. The van der Waals surface area contributed by atoms with E-state index in [1.807, 2.05) is 0 Å². The zero-order chi connectivity index (χ0) is 22.8. The first-order valence-corrected chi connectivity index (χ1v) is 11.3. The molecule has 1 amide bonds. The quantitative estimate of drug-likeness (QED) is 0.476. The van der Waals surface area contributed by atoms with Crippen molar-refractivity contribution in [3.8, 4) is 5.75 Å². The standard InChI is InChI=1S/C21H25N3O6S/c1-15(16-7-6-8-18(13-16)24(26)27)22(2)21(25)17-9-10-19(30-3)20(14-17)31(28,29)23-11-4-5-12-23/h6-10,13-15H,4-5,11-12H2,1-3H3. The third kappa shape index (κ3) is 4.54. The largest absolute Gasteiger partial charge is 0.495 e. The Hall–Kier alpha value is -2.98. The highest BCUT2D eigenvalue weighted by Gasteiger charge is 2.31. The van der Waals surface area contributed by atoms with E-state index in [-0.39, 0.29) is 21.9 Å². The van der Waals surface area contributed by atoms with Crippen molar-refractivity contribution in [3.05, 3.63) is 63.7 Å². The molecule has 31 heavy (non-hydrogen) atoms. The van der Waals surface area contributed by atoms with Crippen LogP contribution in [0.4, 0.5) is 5.69 Å². The molecule has 0 aromatic heterocycles. The maximum absolute atomic E-state index is 13.1. The summed E-state index contributed by atoms with van der Waals surface area (Å²) in [5.74, 6) is -0.225. The number of rotatable bonds is 7. The molecule has 3 rings (SSSR count). The molecule has 0 N–H and O–H groups in total. The number of carbonyl (C=O) groups is 1. The first kappa shape index (κ1) is 22.7. The molecule has 0 radical (unpaired) electrons. The van der Waals surface area contributed by atoms with Crippen molar-refractivity contribution in [2.45, 2.75) is 30.7 Å². The van der Waals surface area contributed by atoms with Crippen LogP contribution >= 0.6 is 0 Å². The van der Waals surface area contributed by atoms with Crippen molar-refractivity contribution < 1.29 is 22.9 Å². The van der Waals surface area contributed by atoms with E-state index in [9.17, 15) is 23.3 Å². The Morgan fingerprint density at radius 1 is 1.19 bits per heavy atom. The van der Waals surface area contributed by atoms with Crippen LogP contribution < -0.4 is 4.74 Å². The number of nitro groups is 1. The van der Waals surface area contributed by atoms with Gasteiger partial charge in [-0.2, -0.15) is 4.31 Å². The average molecular weight is 448 g/mol. The molecule has 10 heteroatoms. The van der Waals surface area contributed by atoms with E-state index < -0.39 is 26.9 Å². The van der Waals surface area contributed by atoms with E-state index in [1.54, 1.807) is 26.1 Å². The van der Waals surface area contributed by atoms with Crippen LogP contribution in [0, 0.1) is 10.1 Å². The number of sulfonamides is 1. The number of amides is 1. The zero-order valence-electron chi connectivity index (χ0n) is 17.6. The van der Waals surface area contributed by atoms with E-state index >= 15 is 0 Å². The summed E-state index contributed by atoms with van der Waals surface area (Å²) in [4.78, 5) is 25.1. The summed E-state index contributed by atoms with van der Waals surface area (Å²) in [6, 6.07) is 9.94. The Bertz CT molecular complexity index is 1100. The first-order valence-electron chi connectivity index (χ1n) is 9.86. The minimum absolute atomic E-state index is 0.0425. The van der Waals surface area contributed by atoms with Crippen LogP contribution in [0.25, 0.3) is 0 Å². The number of benzene rings is 2. The SMILES string of the molecule is COc1ccc(C(=O)N(C)C(C)c2cccc([N+](=O)[O-])c2)cc1S(=O)(=O)N1CCCC1. The monoisotopic (exact) mass is 447 g/mol. The van der Waals surface area contributed by atoms with E-state index in [4.69, 9.17) is 4.74 Å². The highest BCUT2D eigenvalue weighted by molar-refractivity contribution is 7.89. The van der Waals surface area contributed by atoms with Crippen molar-refractivity contribution in [3.63, 3.8) is 0 Å². The smallest absolute Gasteiger partial charge is 0.269 e. The molecule has 2 aromatic rings. The lowest BCUT2D eigenvalue weighted by Gasteiger charge is -2.26. The molecule has 1 saturated heterocycles. The summed E-state index contributed by atoms with van der Waals surface area (Å²) < 4.78 is 32.8. The predicted octanol–water partition coefficient (Wildman–Crippen LogP) is 3.22. The van der Waals surface area contributed by atoms with Crippen LogP contribution in [-0.2, 0) is 10.0 Å². The highest BCUT2D eigenvalue weighted by Crippen LogP contribution is 2.31. The fourth-order valence-corrected chi connectivity index (χ4v) is 5.28. The van der Waals surface area contributed by atoms with Gasteiger partial charge in [0.25, 0.3) is 11.6 Å². The zero-order valence-corrected chi connectivity index (χ0v) is 18.5. The van der Waals surface area contributed by atoms with Crippen LogP contribution in [0.5, 0.6) is 5.75 Å². The molecule has 1 atom stereocenters. The van der Waals surface area contributed by atoms with Gasteiger partial charge in [-0.05, 0) is 43.5 Å². The molecule has 0 saturated carbocycles. The lowest BCUT2D eigenvalue weighted by atomic mass is 10.1. The van der Waals surface area contributed by atoms with Crippen LogP contribution in [0.1, 0.15) is 41.7 Å². The van der Waals surface area contributed by atoms with Gasteiger partial charge in [-0.15, -0.1) is 0 Å². The molecule has 0 aliphatic carbocycles. The van der Waals surface area contributed by atoms with Crippen molar-refractivity contribution in [1.82, 2.24) is 9.21 Å². The fourth-order valence-electron chi connectivity index (χ4n) is 3.58. The third-order valence-electron chi connectivity index (χ3n) is 5.56. The second-order valence-electron chi connectivity index (χ2n) is 7.42. The van der Waals surface area contributed by atoms with E-state index in [1.165, 1.54) is 46.6 Å². The number of hydrogen-bond acceptors (Lipinski definition) is 6. The lowest BCUT2D eigenvalue weighted by molar-refractivity contribution is -0.384. The normalized spacial score (nSPS) is 15.5. The summed E-state index contributed by atoms with van der Waals surface area (Å²) in [6.07, 6.45) is 1.59. The molecule has 0 bridgehead atoms. The maximum atomic E-state index is 13.1. The first-order chi connectivity index (χ1) is 14.7. The Morgan fingerprint density at radius 2 is 1.87 bits per heavy atom. The Balaban J connectivity index is 1.92. The second kappa shape index (κ2) is 9.03. The van der Waals surface area contributed by atoms with Crippen LogP contribution in [0.15, 0.2) is 47.4 Å². The Morgan fingerprint density at radius 3 is 2.48 bits per heavy atom. The molecule has 2 aromatic carbocycles. The molecule has 1 heterocycles. The number of non-ortho nitro benzene ring substituents is 1. The molecule has 166 valence electrons. The van der Waals surface area contributed by atoms with Gasteiger partial charge in [0.05, 0.1) is 18.1 Å². The van der Waals surface area contributed by atoms with Gasteiger partial charge in [-0.3, -0.25) is 14.9 Å². The van der Waals surface area contributed by atoms with Crippen molar-refractivity contribution in [2.24, 2.45) is 0 Å². The van der Waals surface area contributed by atoms with Crippen molar-refractivity contribution in [1.29, 1.82) is 0 Å². The van der Waals surface area contributed by atoms with E-state index in [0.29, 0.717) is 18.7 Å². The Kier molecular flexibility index (Phi) is 6.61. The van der Waals surface area contributed by atoms with Crippen LogP contribution in [0.2, 0.25) is 0 Å². The summed E-state index contributed by atoms with van der Waals surface area (Å²) in [5.41, 5.74) is 0.732. The molecule has 1 aliphatic rings. The summed E-state index contributed by atoms with van der Waals surface area (Å²) in [6.45, 7) is 2.63. The number of hydrogen-bond donors (Lipinski definition) is 0. The number of methoxy groups -OCH3 is 1. The summed E-state index contributed by atoms with van der Waals surface area (Å²) >= 11 is 0. The number of nitrogens with zero attached hydrogens (tertiary/aromatic N) is 3. The summed E-state index contributed by atoms with van der Waals surface area (Å²) in [5, 5.41) is 11.1. The van der Waals surface area contributed by atoms with E-state index in [0.717, 1.165) is 12.8 Å². The highest BCUT2D eigenvalue weighted by atomic mass is 32.2. The van der Waals surface area contributed by atoms with Gasteiger partial charge in [-0.25, -0.2) is 8.42 Å². The molecular weight excluding hydrogens is 422 g/mol. The van der Waals surface area contributed by atoms with E-state index in [2.05, 4.69) is 0 Å². The molecule has 1 aliphatic heterocycles. The van der Waals surface area contributed by atoms with Gasteiger partial charge < -0.3 is 9.64 Å². The van der Waals surface area contributed by atoms with Gasteiger partial charge in [0, 0.05) is 37.8 Å². The number of ether oxygens (including phenoxy) is 1. The minimum atomic E-state index is -3.79. The fraction of sp³-hybridized carbons (Fsp3) is 0.381. The number of nitro benzene ring substituents is 1. The second-order valence-corrected chi connectivity index (χ2v) is 9.33.